The third kappa shape index (κ3) is 23.2. The molecule has 0 saturated heterocycles. The van der Waals surface area contributed by atoms with Crippen LogP contribution in [-0.2, 0) is 28.0 Å². The van der Waals surface area contributed by atoms with Crippen LogP contribution in [0.2, 0.25) is 0 Å². The minimum Gasteiger partial charge on any atom is -0.463 e. The summed E-state index contributed by atoms with van der Waals surface area (Å²) in [5.74, 6) is -0.392. The lowest BCUT2D eigenvalue weighted by molar-refractivity contribution is -0.870. The number of quaternary nitrogens is 1. The highest BCUT2D eigenvalue weighted by molar-refractivity contribution is 7.47. The van der Waals surface area contributed by atoms with E-state index < -0.39 is 26.5 Å². The highest BCUT2D eigenvalue weighted by Crippen LogP contribution is 2.43. The zero-order valence-electron chi connectivity index (χ0n) is 22.0. The maximum absolute atomic E-state index is 11.9. The van der Waals surface area contributed by atoms with Crippen molar-refractivity contribution in [1.29, 1.82) is 0 Å². The lowest BCUT2D eigenvalue weighted by atomic mass is 10.0. The first kappa shape index (κ1) is 33.5. The minimum absolute atomic E-state index is 0.0377. The van der Waals surface area contributed by atoms with Gasteiger partial charge in [-0.2, -0.15) is 0 Å². The number of ether oxygens (including phenoxy) is 1. The molecule has 2 N–H and O–H groups in total. The van der Waals surface area contributed by atoms with Crippen LogP contribution in [-0.4, -0.2) is 74.2 Å². The van der Waals surface area contributed by atoms with Gasteiger partial charge in [-0.1, -0.05) is 84.0 Å². The smallest absolute Gasteiger partial charge is 0.463 e. The van der Waals surface area contributed by atoms with Gasteiger partial charge in [0, 0.05) is 6.42 Å². The van der Waals surface area contributed by atoms with E-state index in [0.29, 0.717) is 17.4 Å². The minimum atomic E-state index is -4.28. The van der Waals surface area contributed by atoms with Crippen LogP contribution in [0.4, 0.5) is 0 Å². The summed E-state index contributed by atoms with van der Waals surface area (Å²) in [6, 6.07) is 0. The van der Waals surface area contributed by atoms with Crippen LogP contribution in [0, 0.1) is 0 Å². The van der Waals surface area contributed by atoms with Crippen molar-refractivity contribution < 1.29 is 42.7 Å². The summed E-state index contributed by atoms with van der Waals surface area (Å²) in [6.07, 6.45) is 15.2. The Morgan fingerprint density at radius 1 is 0.824 bits per heavy atom. The van der Waals surface area contributed by atoms with Gasteiger partial charge >= 0.3 is 13.8 Å². The monoisotopic (exact) mass is 512 g/mol. The van der Waals surface area contributed by atoms with E-state index in [9.17, 15) is 14.3 Å². The van der Waals surface area contributed by atoms with E-state index in [0.717, 1.165) is 19.3 Å². The number of carbonyl (C=O) groups excluding carboxylic acids is 1. The molecule has 0 rings (SSSR count). The average Bonchev–Trinajstić information content (AvgIpc) is 2.76. The second kappa shape index (κ2) is 20.6. The summed E-state index contributed by atoms with van der Waals surface area (Å²) in [5.41, 5.74) is 0. The number of unbranched alkanes of at least 4 members (excludes halogenated alkanes) is 12. The van der Waals surface area contributed by atoms with E-state index >= 15 is 0 Å². The van der Waals surface area contributed by atoms with Gasteiger partial charge in [0.05, 0.1) is 27.7 Å². The van der Waals surface area contributed by atoms with E-state index in [-0.39, 0.29) is 13.2 Å². The van der Waals surface area contributed by atoms with Gasteiger partial charge in [0.15, 0.2) is 6.10 Å². The van der Waals surface area contributed by atoms with Crippen molar-refractivity contribution in [3.63, 3.8) is 0 Å². The van der Waals surface area contributed by atoms with Gasteiger partial charge in [-0.25, -0.2) is 9.45 Å². The van der Waals surface area contributed by atoms with Crippen LogP contribution in [0.1, 0.15) is 96.8 Å². The number of carbonyl (C=O) groups is 1. The van der Waals surface area contributed by atoms with Crippen LogP contribution >= 0.6 is 7.82 Å². The van der Waals surface area contributed by atoms with Gasteiger partial charge in [0.2, 0.25) is 0 Å². The molecule has 0 aliphatic heterocycles. The fourth-order valence-corrected chi connectivity index (χ4v) is 4.04. The van der Waals surface area contributed by atoms with Crippen LogP contribution in [0.3, 0.4) is 0 Å². The molecule has 0 aromatic heterocycles. The molecule has 204 valence electrons. The Balaban J connectivity index is 3.71. The third-order valence-electron chi connectivity index (χ3n) is 5.50. The fraction of sp³-hybridized carbons (Fsp3) is 0.958. The van der Waals surface area contributed by atoms with Crippen LogP contribution < -0.4 is 0 Å². The molecule has 9 nitrogen and oxygen atoms in total. The maximum atomic E-state index is 11.9. The molecule has 34 heavy (non-hydrogen) atoms. The maximum Gasteiger partial charge on any atom is 0.472 e. The number of phosphoric acid groups is 1. The second-order valence-electron chi connectivity index (χ2n) is 10.0. The van der Waals surface area contributed by atoms with Crippen molar-refractivity contribution >= 4 is 13.8 Å². The van der Waals surface area contributed by atoms with E-state index in [1.165, 1.54) is 64.2 Å². The van der Waals surface area contributed by atoms with Crippen LogP contribution in [0.25, 0.3) is 0 Å². The van der Waals surface area contributed by atoms with Crippen molar-refractivity contribution in [2.75, 3.05) is 47.5 Å². The molecule has 0 spiro atoms. The lowest BCUT2D eigenvalue weighted by Crippen LogP contribution is -2.37. The van der Waals surface area contributed by atoms with Crippen molar-refractivity contribution in [1.82, 2.24) is 0 Å². The normalized spacial score (nSPS) is 14.6. The SMILES string of the molecule is CCCCCCCCCCCCCCCC(=O)OCC(COP(=O)(O)OCC[N+](C)(C)C)OO. The zero-order valence-corrected chi connectivity index (χ0v) is 22.9. The molecule has 0 aromatic rings. The third-order valence-corrected chi connectivity index (χ3v) is 6.49. The van der Waals surface area contributed by atoms with E-state index in [2.05, 4.69) is 11.8 Å². The topological polar surface area (TPSA) is 112 Å². The predicted molar refractivity (Wildman–Crippen MR) is 133 cm³/mol. The molecule has 0 amide bonds. The molecule has 0 aliphatic rings. The number of phosphoric ester groups is 1. The number of hydrogen-bond donors (Lipinski definition) is 2. The van der Waals surface area contributed by atoms with Crippen LogP contribution in [0.15, 0.2) is 0 Å². The second-order valence-corrected chi connectivity index (χ2v) is 11.5. The van der Waals surface area contributed by atoms with Gasteiger partial charge in [-0.3, -0.25) is 19.1 Å². The molecular weight excluding hydrogens is 461 g/mol. The molecular formula is C24H51NO8P+. The molecule has 0 fully saturated rings. The quantitative estimate of drug-likeness (QED) is 0.0422. The van der Waals surface area contributed by atoms with Gasteiger partial charge in [-0.05, 0) is 6.42 Å². The number of likely N-dealkylation sites (N-methyl/N-ethyl adjacent to an activating group) is 1. The number of esters is 1. The molecule has 0 saturated carbocycles. The summed E-state index contributed by atoms with van der Waals surface area (Å²) in [7, 11) is 1.50. The van der Waals surface area contributed by atoms with Crippen molar-refractivity contribution in [2.24, 2.45) is 0 Å². The van der Waals surface area contributed by atoms with Gasteiger partial charge in [0.1, 0.15) is 19.8 Å². The Morgan fingerprint density at radius 2 is 1.32 bits per heavy atom. The highest BCUT2D eigenvalue weighted by atomic mass is 31.2. The molecule has 0 heterocycles. The molecule has 2 unspecified atom stereocenters. The summed E-state index contributed by atoms with van der Waals surface area (Å²) in [5, 5.41) is 8.93. The fourth-order valence-electron chi connectivity index (χ4n) is 3.30. The average molecular weight is 513 g/mol. The lowest BCUT2D eigenvalue weighted by Gasteiger charge is -2.24. The molecule has 2 atom stereocenters. The first-order chi connectivity index (χ1) is 16.1. The largest absolute Gasteiger partial charge is 0.472 e. The molecule has 10 heteroatoms. The first-order valence-corrected chi connectivity index (χ1v) is 14.5. The predicted octanol–water partition coefficient (Wildman–Crippen LogP) is 5.71. The Morgan fingerprint density at radius 3 is 1.79 bits per heavy atom. The van der Waals surface area contributed by atoms with E-state index in [4.69, 9.17) is 19.0 Å². The van der Waals surface area contributed by atoms with Crippen molar-refractivity contribution in [3.8, 4) is 0 Å². The summed E-state index contributed by atoms with van der Waals surface area (Å²) in [6.45, 7) is 2.08. The number of rotatable bonds is 24. The van der Waals surface area contributed by atoms with Crippen LogP contribution in [0.5, 0.6) is 0 Å². The molecule has 0 bridgehead atoms. The number of hydrogen-bond acceptors (Lipinski definition) is 7. The summed E-state index contributed by atoms with van der Waals surface area (Å²) < 4.78 is 27.2. The highest BCUT2D eigenvalue weighted by Gasteiger charge is 2.25. The van der Waals surface area contributed by atoms with E-state index in [1.807, 2.05) is 21.1 Å². The van der Waals surface area contributed by atoms with Crippen molar-refractivity contribution in [2.45, 2.75) is 103 Å². The molecule has 0 radical (unpaired) electrons. The Labute approximate surface area is 207 Å². The Kier molecular flexibility index (Phi) is 20.3. The summed E-state index contributed by atoms with van der Waals surface area (Å²) >= 11 is 0. The summed E-state index contributed by atoms with van der Waals surface area (Å²) in [4.78, 5) is 25.7. The van der Waals surface area contributed by atoms with Gasteiger partial charge in [-0.15, -0.1) is 0 Å². The first-order valence-electron chi connectivity index (χ1n) is 13.0. The van der Waals surface area contributed by atoms with Crippen molar-refractivity contribution in [3.05, 3.63) is 0 Å². The zero-order chi connectivity index (χ0) is 25.7. The van der Waals surface area contributed by atoms with E-state index in [1.54, 1.807) is 0 Å². The van der Waals surface area contributed by atoms with Gasteiger partial charge < -0.3 is 14.1 Å². The standard InChI is InChI=1S/C24H50NO8P/c1-5-6-7-8-9-10-11-12-13-14-15-16-17-18-24(26)30-21-23(33-27)22-32-34(28,29)31-20-19-25(2,3)4/h23H,5-22H2,1-4H3,(H-,27,28,29)/p+1. The Bertz CT molecular complexity index is 542. The Hall–Kier alpha value is -0.540. The molecule has 0 aromatic carbocycles. The molecule has 0 aliphatic carbocycles. The van der Waals surface area contributed by atoms with Gasteiger partial charge in [0.25, 0.3) is 0 Å². The number of nitrogens with zero attached hydrogens (tertiary/aromatic N) is 1.